The number of rotatable bonds is 5. The molecule has 1 fully saturated rings. The summed E-state index contributed by atoms with van der Waals surface area (Å²) in [6.45, 7) is 2.19. The summed E-state index contributed by atoms with van der Waals surface area (Å²) in [5.41, 5.74) is 0.911. The second-order valence-corrected chi connectivity index (χ2v) is 5.21. The summed E-state index contributed by atoms with van der Waals surface area (Å²) in [6, 6.07) is 11.7. The quantitative estimate of drug-likeness (QED) is 0.853. The SMILES string of the molecule is COCCNC(=O)N1CC(Oc2ccc3ccccc3n2)C1. The van der Waals surface area contributed by atoms with Gasteiger partial charge in [-0.25, -0.2) is 9.78 Å². The molecule has 2 aromatic rings. The number of urea groups is 1. The van der Waals surface area contributed by atoms with E-state index >= 15 is 0 Å². The average Bonchev–Trinajstić information content (AvgIpc) is 2.50. The first kappa shape index (κ1) is 14.6. The van der Waals surface area contributed by atoms with Crippen LogP contribution in [0.25, 0.3) is 10.9 Å². The number of fused-ring (bicyclic) bond motifs is 1. The minimum Gasteiger partial charge on any atom is -0.471 e. The topological polar surface area (TPSA) is 63.7 Å². The van der Waals surface area contributed by atoms with Crippen molar-refractivity contribution in [2.75, 3.05) is 33.4 Å². The predicted molar refractivity (Wildman–Crippen MR) is 83.0 cm³/mol. The molecule has 6 heteroatoms. The maximum Gasteiger partial charge on any atom is 0.317 e. The summed E-state index contributed by atoms with van der Waals surface area (Å²) in [6.07, 6.45) is 0.00170. The summed E-state index contributed by atoms with van der Waals surface area (Å²) in [7, 11) is 1.61. The van der Waals surface area contributed by atoms with Crippen molar-refractivity contribution >= 4 is 16.9 Å². The molecule has 6 nitrogen and oxygen atoms in total. The summed E-state index contributed by atoms with van der Waals surface area (Å²) in [5, 5.41) is 3.87. The summed E-state index contributed by atoms with van der Waals surface area (Å²) < 4.78 is 10.7. The van der Waals surface area contributed by atoms with Gasteiger partial charge in [0, 0.05) is 25.1 Å². The Hall–Kier alpha value is -2.34. The summed E-state index contributed by atoms with van der Waals surface area (Å²) in [5.74, 6) is 0.600. The number of ether oxygens (including phenoxy) is 2. The highest BCUT2D eigenvalue weighted by Crippen LogP contribution is 2.20. The lowest BCUT2D eigenvalue weighted by molar-refractivity contribution is 0.0411. The van der Waals surface area contributed by atoms with Crippen LogP contribution in [0, 0.1) is 0 Å². The first-order valence-corrected chi connectivity index (χ1v) is 7.30. The number of aromatic nitrogens is 1. The molecule has 22 heavy (non-hydrogen) atoms. The van der Waals surface area contributed by atoms with Gasteiger partial charge in [-0.05, 0) is 12.1 Å². The Morgan fingerprint density at radius 3 is 2.95 bits per heavy atom. The Labute approximate surface area is 129 Å². The molecule has 1 N–H and O–H groups in total. The van der Waals surface area contributed by atoms with E-state index in [1.165, 1.54) is 0 Å². The molecule has 1 aliphatic rings. The van der Waals surface area contributed by atoms with Gasteiger partial charge < -0.3 is 19.7 Å². The van der Waals surface area contributed by atoms with Crippen LogP contribution in [-0.2, 0) is 4.74 Å². The lowest BCUT2D eigenvalue weighted by atomic mass is 10.2. The Morgan fingerprint density at radius 1 is 1.32 bits per heavy atom. The van der Waals surface area contributed by atoms with E-state index in [4.69, 9.17) is 9.47 Å². The highest BCUT2D eigenvalue weighted by atomic mass is 16.5. The smallest absolute Gasteiger partial charge is 0.317 e. The molecule has 1 aromatic carbocycles. The molecule has 0 spiro atoms. The van der Waals surface area contributed by atoms with Gasteiger partial charge in [-0.3, -0.25) is 0 Å². The van der Waals surface area contributed by atoms with Gasteiger partial charge in [0.1, 0.15) is 6.10 Å². The van der Waals surface area contributed by atoms with E-state index in [-0.39, 0.29) is 12.1 Å². The third-order valence-corrected chi connectivity index (χ3v) is 3.58. The molecule has 2 heterocycles. The van der Waals surface area contributed by atoms with Crippen LogP contribution < -0.4 is 10.1 Å². The van der Waals surface area contributed by atoms with Crippen molar-refractivity contribution in [3.05, 3.63) is 36.4 Å². The van der Waals surface area contributed by atoms with Gasteiger partial charge >= 0.3 is 6.03 Å². The predicted octanol–water partition coefficient (Wildman–Crippen LogP) is 1.65. The van der Waals surface area contributed by atoms with Crippen LogP contribution in [0.5, 0.6) is 5.88 Å². The number of methoxy groups -OCH3 is 1. The second-order valence-electron chi connectivity index (χ2n) is 5.21. The zero-order chi connectivity index (χ0) is 15.4. The molecule has 1 aromatic heterocycles. The largest absolute Gasteiger partial charge is 0.471 e. The van der Waals surface area contributed by atoms with Gasteiger partial charge in [-0.2, -0.15) is 0 Å². The zero-order valence-electron chi connectivity index (χ0n) is 12.5. The van der Waals surface area contributed by atoms with Crippen molar-refractivity contribution in [3.8, 4) is 5.88 Å². The molecule has 0 atom stereocenters. The summed E-state index contributed by atoms with van der Waals surface area (Å²) >= 11 is 0. The van der Waals surface area contributed by atoms with Crippen LogP contribution >= 0.6 is 0 Å². The first-order chi connectivity index (χ1) is 10.8. The lowest BCUT2D eigenvalue weighted by Gasteiger charge is -2.38. The Morgan fingerprint density at radius 2 is 2.14 bits per heavy atom. The van der Waals surface area contributed by atoms with Gasteiger partial charge in [-0.1, -0.05) is 18.2 Å². The molecule has 116 valence electrons. The fourth-order valence-electron chi connectivity index (χ4n) is 2.33. The third kappa shape index (κ3) is 3.28. The minimum absolute atomic E-state index is 0.00170. The van der Waals surface area contributed by atoms with E-state index in [0.717, 1.165) is 10.9 Å². The van der Waals surface area contributed by atoms with Crippen LogP contribution in [0.1, 0.15) is 0 Å². The summed E-state index contributed by atoms with van der Waals surface area (Å²) in [4.78, 5) is 17.9. The molecule has 0 unspecified atom stereocenters. The van der Waals surface area contributed by atoms with Gasteiger partial charge in [-0.15, -0.1) is 0 Å². The Bertz CT molecular complexity index is 656. The highest BCUT2D eigenvalue weighted by Gasteiger charge is 2.32. The van der Waals surface area contributed by atoms with Crippen LogP contribution in [-0.4, -0.2) is 55.4 Å². The van der Waals surface area contributed by atoms with E-state index in [1.54, 1.807) is 12.0 Å². The van der Waals surface area contributed by atoms with E-state index in [0.29, 0.717) is 32.1 Å². The van der Waals surface area contributed by atoms with Gasteiger partial charge in [0.15, 0.2) is 0 Å². The average molecular weight is 301 g/mol. The molecular formula is C16H19N3O3. The number of carbonyl (C=O) groups is 1. The van der Waals surface area contributed by atoms with Crippen LogP contribution in [0.15, 0.2) is 36.4 Å². The normalized spacial score (nSPS) is 14.7. The fourth-order valence-corrected chi connectivity index (χ4v) is 2.33. The van der Waals surface area contributed by atoms with E-state index in [2.05, 4.69) is 10.3 Å². The number of hydrogen-bond acceptors (Lipinski definition) is 4. The van der Waals surface area contributed by atoms with Crippen molar-refractivity contribution in [3.63, 3.8) is 0 Å². The number of benzene rings is 1. The maximum absolute atomic E-state index is 11.8. The molecule has 3 rings (SSSR count). The van der Waals surface area contributed by atoms with Crippen molar-refractivity contribution in [2.45, 2.75) is 6.10 Å². The van der Waals surface area contributed by atoms with E-state index in [1.807, 2.05) is 36.4 Å². The molecule has 0 radical (unpaired) electrons. The van der Waals surface area contributed by atoms with Crippen LogP contribution in [0.3, 0.4) is 0 Å². The number of nitrogens with zero attached hydrogens (tertiary/aromatic N) is 2. The molecule has 2 amide bonds. The second kappa shape index (κ2) is 6.62. The lowest BCUT2D eigenvalue weighted by Crippen LogP contribution is -2.59. The zero-order valence-corrected chi connectivity index (χ0v) is 12.5. The van der Waals surface area contributed by atoms with Gasteiger partial charge in [0.25, 0.3) is 0 Å². The monoisotopic (exact) mass is 301 g/mol. The first-order valence-electron chi connectivity index (χ1n) is 7.30. The number of nitrogens with one attached hydrogen (secondary N) is 1. The Balaban J connectivity index is 1.49. The van der Waals surface area contributed by atoms with E-state index < -0.39 is 0 Å². The molecule has 1 aliphatic heterocycles. The number of amides is 2. The fraction of sp³-hybridized carbons (Fsp3) is 0.375. The molecular weight excluding hydrogens is 282 g/mol. The minimum atomic E-state index is -0.0802. The number of likely N-dealkylation sites (tertiary alicyclic amines) is 1. The van der Waals surface area contributed by atoms with Crippen molar-refractivity contribution in [1.82, 2.24) is 15.2 Å². The molecule has 0 bridgehead atoms. The number of para-hydroxylation sites is 1. The Kier molecular flexibility index (Phi) is 4.39. The van der Waals surface area contributed by atoms with Gasteiger partial charge in [0.05, 0.1) is 25.2 Å². The van der Waals surface area contributed by atoms with Crippen molar-refractivity contribution < 1.29 is 14.3 Å². The van der Waals surface area contributed by atoms with Crippen molar-refractivity contribution in [2.24, 2.45) is 0 Å². The van der Waals surface area contributed by atoms with Crippen molar-refractivity contribution in [1.29, 1.82) is 0 Å². The maximum atomic E-state index is 11.8. The standard InChI is InChI=1S/C16H19N3O3/c1-21-9-8-17-16(20)19-10-13(11-19)22-15-7-6-12-4-2-3-5-14(12)18-15/h2-7,13H,8-11H2,1H3,(H,17,20). The van der Waals surface area contributed by atoms with E-state index in [9.17, 15) is 4.79 Å². The van der Waals surface area contributed by atoms with Crippen LogP contribution in [0.4, 0.5) is 4.79 Å². The molecule has 0 saturated carbocycles. The molecule has 1 saturated heterocycles. The third-order valence-electron chi connectivity index (χ3n) is 3.58. The van der Waals surface area contributed by atoms with Gasteiger partial charge in [0.2, 0.25) is 5.88 Å². The number of hydrogen-bond donors (Lipinski definition) is 1. The number of pyridine rings is 1. The number of carbonyl (C=O) groups excluding carboxylic acids is 1. The molecule has 0 aliphatic carbocycles. The van der Waals surface area contributed by atoms with Crippen LogP contribution in [0.2, 0.25) is 0 Å². The highest BCUT2D eigenvalue weighted by molar-refractivity contribution is 5.78.